The molecule has 0 saturated carbocycles. The summed E-state index contributed by atoms with van der Waals surface area (Å²) in [5.41, 5.74) is 0. The number of hydrogen-bond donors (Lipinski definition) is 0. The van der Waals surface area contributed by atoms with E-state index in [1.807, 2.05) is 11.7 Å². The Morgan fingerprint density at radius 3 is 2.60 bits per heavy atom. The topological polar surface area (TPSA) is 20.3 Å². The Hall–Kier alpha value is -0.465. The van der Waals surface area contributed by atoms with Crippen LogP contribution in [0.5, 0.6) is 0 Å². The number of amides is 1. The highest BCUT2D eigenvalue weighted by Crippen LogP contribution is 2.08. The molecule has 56 valence electrons. The normalized spacial score (nSPS) is 17.5. The van der Waals surface area contributed by atoms with Crippen LogP contribution in [0, 0.1) is 0 Å². The van der Waals surface area contributed by atoms with Crippen LogP contribution >= 0.6 is 0 Å². The quantitative estimate of drug-likeness (QED) is 0.510. The summed E-state index contributed by atoms with van der Waals surface area (Å²) in [4.78, 5) is 13.1. The van der Waals surface area contributed by atoms with Gasteiger partial charge in [0.2, 0.25) is 5.91 Å². The summed E-state index contributed by atoms with van der Waals surface area (Å²) in [6.45, 7) is 4.05. The second-order valence-electron chi connectivity index (χ2n) is 2.84. The van der Waals surface area contributed by atoms with Crippen molar-refractivity contribution in [1.29, 1.82) is 0 Å². The van der Waals surface area contributed by atoms with E-state index in [2.05, 4.69) is 0 Å². The molecule has 1 heterocycles. The van der Waals surface area contributed by atoms with Gasteiger partial charge in [0, 0.05) is 19.4 Å². The van der Waals surface area contributed by atoms with E-state index in [0.29, 0.717) is 5.91 Å². The summed E-state index contributed by atoms with van der Waals surface area (Å²) >= 11 is 0. The summed E-state index contributed by atoms with van der Waals surface area (Å²) in [6.07, 6.45) is 3.14. The summed E-state index contributed by atoms with van der Waals surface area (Å²) in [6, 6.07) is 0. The lowest BCUT2D eigenvalue weighted by Gasteiger charge is -2.13. The van der Waals surface area contributed by atoms with Crippen LogP contribution in [0.15, 0.2) is 0 Å². The van der Waals surface area contributed by atoms with Crippen molar-refractivity contribution in [3.8, 4) is 0 Å². The monoisotopic (exact) mass is 139 g/mol. The number of nitrogens with zero attached hydrogens (tertiary/aromatic N) is 1. The number of rotatable bonds is 2. The summed E-state index contributed by atoms with van der Waals surface area (Å²) in [7, 11) is 0.981. The van der Waals surface area contributed by atoms with Crippen LogP contribution in [0.1, 0.15) is 12.8 Å². The molecule has 1 amide bonds. The van der Waals surface area contributed by atoms with Gasteiger partial charge in [0.1, 0.15) is 7.28 Å². The maximum absolute atomic E-state index is 11.2. The van der Waals surface area contributed by atoms with E-state index in [4.69, 9.17) is 0 Å². The van der Waals surface area contributed by atoms with Gasteiger partial charge in [0.25, 0.3) is 0 Å². The summed E-state index contributed by atoms with van der Waals surface area (Å²) in [5, 5.41) is 0. The molecule has 0 spiro atoms. The molecule has 1 saturated heterocycles. The van der Waals surface area contributed by atoms with Crippen LogP contribution in [0.2, 0.25) is 13.1 Å². The average molecular weight is 139 g/mol. The van der Waals surface area contributed by atoms with E-state index in [-0.39, 0.29) is 0 Å². The van der Waals surface area contributed by atoms with Crippen molar-refractivity contribution in [3.05, 3.63) is 0 Å². The molecule has 0 bridgehead atoms. The van der Waals surface area contributed by atoms with E-state index in [9.17, 15) is 4.79 Å². The van der Waals surface area contributed by atoms with Gasteiger partial charge in [-0.2, -0.15) is 0 Å². The Morgan fingerprint density at radius 1 is 1.50 bits per heavy atom. The predicted molar refractivity (Wildman–Crippen MR) is 43.6 cm³/mol. The van der Waals surface area contributed by atoms with E-state index in [1.54, 1.807) is 0 Å². The molecule has 1 aliphatic heterocycles. The van der Waals surface area contributed by atoms with Crippen molar-refractivity contribution in [2.45, 2.75) is 26.0 Å². The van der Waals surface area contributed by atoms with Crippen molar-refractivity contribution in [2.75, 3.05) is 13.1 Å². The van der Waals surface area contributed by atoms with Gasteiger partial charge in [-0.1, -0.05) is 6.82 Å². The third kappa shape index (κ3) is 1.76. The first-order valence-corrected chi connectivity index (χ1v) is 4.12. The maximum atomic E-state index is 11.2. The fourth-order valence-electron chi connectivity index (χ4n) is 1.34. The highest BCUT2D eigenvalue weighted by molar-refractivity contribution is 6.39. The van der Waals surface area contributed by atoms with Crippen LogP contribution < -0.4 is 0 Å². The Balaban J connectivity index is 2.25. The third-order valence-electron chi connectivity index (χ3n) is 1.92. The Morgan fingerprint density at radius 2 is 2.10 bits per heavy atom. The summed E-state index contributed by atoms with van der Waals surface area (Å²) in [5.74, 6) is 0.347. The van der Waals surface area contributed by atoms with Crippen LogP contribution in [-0.2, 0) is 4.79 Å². The zero-order valence-electron chi connectivity index (χ0n) is 6.60. The zero-order valence-corrected chi connectivity index (χ0v) is 6.60. The van der Waals surface area contributed by atoms with Crippen molar-refractivity contribution in [1.82, 2.24) is 4.90 Å². The standard InChI is InChI=1S/C7H14BNO/c1-8-6-7(10)9-4-2-3-5-9/h8H,2-6H2,1H3. The fraction of sp³-hybridized carbons (Fsp3) is 0.857. The van der Waals surface area contributed by atoms with Gasteiger partial charge >= 0.3 is 0 Å². The van der Waals surface area contributed by atoms with Crippen molar-refractivity contribution >= 4 is 13.2 Å². The first-order valence-electron chi connectivity index (χ1n) is 4.12. The predicted octanol–water partition coefficient (Wildman–Crippen LogP) is 0.512. The van der Waals surface area contributed by atoms with E-state index < -0.39 is 0 Å². The first kappa shape index (κ1) is 7.64. The molecular formula is C7H14BNO. The smallest absolute Gasteiger partial charge is 0.214 e. The molecule has 0 atom stereocenters. The van der Waals surface area contributed by atoms with Crippen molar-refractivity contribution in [3.63, 3.8) is 0 Å². The molecule has 0 N–H and O–H groups in total. The van der Waals surface area contributed by atoms with Crippen LogP contribution in [0.4, 0.5) is 0 Å². The van der Waals surface area contributed by atoms with Crippen LogP contribution in [0.25, 0.3) is 0 Å². The maximum Gasteiger partial charge on any atom is 0.214 e. The molecule has 0 aromatic heterocycles. The molecule has 1 aliphatic rings. The Kier molecular flexibility index (Phi) is 2.78. The van der Waals surface area contributed by atoms with Gasteiger partial charge in [0.15, 0.2) is 0 Å². The fourth-order valence-corrected chi connectivity index (χ4v) is 1.34. The molecule has 1 rings (SSSR count). The summed E-state index contributed by atoms with van der Waals surface area (Å²) < 4.78 is 0. The lowest BCUT2D eigenvalue weighted by atomic mass is 9.78. The minimum Gasteiger partial charge on any atom is -0.343 e. The highest BCUT2D eigenvalue weighted by Gasteiger charge is 2.16. The second-order valence-corrected chi connectivity index (χ2v) is 2.84. The van der Waals surface area contributed by atoms with E-state index in [0.717, 1.165) is 26.7 Å². The Bertz CT molecular complexity index is 121. The lowest BCUT2D eigenvalue weighted by Crippen LogP contribution is -2.27. The molecule has 0 radical (unpaired) electrons. The minimum atomic E-state index is 0.347. The molecule has 1 fully saturated rings. The first-order chi connectivity index (χ1) is 4.84. The zero-order chi connectivity index (χ0) is 7.40. The largest absolute Gasteiger partial charge is 0.343 e. The lowest BCUT2D eigenvalue weighted by molar-refractivity contribution is -0.127. The number of carbonyl (C=O) groups is 1. The molecule has 0 aromatic rings. The van der Waals surface area contributed by atoms with Crippen LogP contribution in [-0.4, -0.2) is 31.2 Å². The molecule has 3 heteroatoms. The van der Waals surface area contributed by atoms with Gasteiger partial charge in [0.05, 0.1) is 0 Å². The molecule has 0 unspecified atom stereocenters. The van der Waals surface area contributed by atoms with Gasteiger partial charge in [-0.15, -0.1) is 0 Å². The molecular weight excluding hydrogens is 125 g/mol. The van der Waals surface area contributed by atoms with Crippen molar-refractivity contribution < 1.29 is 4.79 Å². The van der Waals surface area contributed by atoms with E-state index in [1.165, 1.54) is 12.8 Å². The molecule has 2 nitrogen and oxygen atoms in total. The van der Waals surface area contributed by atoms with Gasteiger partial charge in [-0.3, -0.25) is 4.79 Å². The minimum absolute atomic E-state index is 0.347. The SMILES string of the molecule is CBCC(=O)N1CCCC1. The number of hydrogen-bond acceptors (Lipinski definition) is 1. The molecule has 0 aromatic carbocycles. The molecule has 10 heavy (non-hydrogen) atoms. The third-order valence-corrected chi connectivity index (χ3v) is 1.92. The second kappa shape index (κ2) is 3.64. The number of carbonyl (C=O) groups excluding carboxylic acids is 1. The van der Waals surface area contributed by atoms with E-state index >= 15 is 0 Å². The van der Waals surface area contributed by atoms with Crippen molar-refractivity contribution in [2.24, 2.45) is 0 Å². The molecule has 0 aliphatic carbocycles. The number of likely N-dealkylation sites (tertiary alicyclic amines) is 1. The van der Waals surface area contributed by atoms with Crippen LogP contribution in [0.3, 0.4) is 0 Å². The Labute approximate surface area is 62.8 Å². The highest BCUT2D eigenvalue weighted by atomic mass is 16.2. The van der Waals surface area contributed by atoms with Gasteiger partial charge < -0.3 is 4.90 Å². The van der Waals surface area contributed by atoms with Gasteiger partial charge in [-0.05, 0) is 12.8 Å². The average Bonchev–Trinajstić information content (AvgIpc) is 2.38. The van der Waals surface area contributed by atoms with Gasteiger partial charge in [-0.25, -0.2) is 0 Å².